The number of fused-ring (bicyclic) bond motifs is 1. The smallest absolute Gasteiger partial charge is 0.241 e. The highest BCUT2D eigenvalue weighted by molar-refractivity contribution is 7.89. The number of halogens is 1. The molecule has 2 N–H and O–H groups in total. The molecule has 0 saturated heterocycles. The highest BCUT2D eigenvalue weighted by Gasteiger charge is 2.29. The van der Waals surface area contributed by atoms with Gasteiger partial charge in [-0.3, -0.25) is 4.79 Å². The van der Waals surface area contributed by atoms with Crippen molar-refractivity contribution in [1.29, 1.82) is 0 Å². The van der Waals surface area contributed by atoms with E-state index in [-0.39, 0.29) is 16.7 Å². The van der Waals surface area contributed by atoms with E-state index in [0.717, 1.165) is 0 Å². The molecule has 1 aliphatic heterocycles. The lowest BCUT2D eigenvalue weighted by Crippen LogP contribution is -2.27. The van der Waals surface area contributed by atoms with Crippen molar-refractivity contribution in [1.82, 2.24) is 4.72 Å². The van der Waals surface area contributed by atoms with Crippen LogP contribution in [0.2, 0.25) is 5.02 Å². The van der Waals surface area contributed by atoms with Gasteiger partial charge < -0.3 is 5.32 Å². The van der Waals surface area contributed by atoms with E-state index in [9.17, 15) is 13.2 Å². The molecule has 0 saturated carbocycles. The number of carbonyl (C=O) groups excluding carboxylic acids is 1. The summed E-state index contributed by atoms with van der Waals surface area (Å²) in [5.74, 6) is -0.493. The van der Waals surface area contributed by atoms with Crippen molar-refractivity contribution in [2.45, 2.75) is 30.7 Å². The minimum Gasteiger partial charge on any atom is -0.325 e. The van der Waals surface area contributed by atoms with Gasteiger partial charge in [0.25, 0.3) is 0 Å². The zero-order valence-corrected chi connectivity index (χ0v) is 14.8. The van der Waals surface area contributed by atoms with Gasteiger partial charge in [0.15, 0.2) is 0 Å². The van der Waals surface area contributed by atoms with Crippen LogP contribution in [0.4, 0.5) is 5.69 Å². The van der Waals surface area contributed by atoms with E-state index in [0.29, 0.717) is 21.8 Å². The Bertz CT molecular complexity index is 912. The van der Waals surface area contributed by atoms with Gasteiger partial charge in [0.2, 0.25) is 15.9 Å². The van der Waals surface area contributed by atoms with Crippen molar-refractivity contribution in [3.63, 3.8) is 0 Å². The van der Waals surface area contributed by atoms with Gasteiger partial charge in [0, 0.05) is 16.8 Å². The molecule has 2 aromatic carbocycles. The van der Waals surface area contributed by atoms with Crippen LogP contribution in [0.5, 0.6) is 0 Å². The number of carbonyl (C=O) groups is 1. The van der Waals surface area contributed by atoms with Gasteiger partial charge in [-0.15, -0.1) is 0 Å². The normalized spacial score (nSPS) is 18.1. The monoisotopic (exact) mass is 364 g/mol. The Kier molecular flexibility index (Phi) is 4.38. The van der Waals surface area contributed by atoms with Gasteiger partial charge in [-0.25, -0.2) is 13.1 Å². The number of benzene rings is 2. The summed E-state index contributed by atoms with van der Waals surface area (Å²) in [5.41, 5.74) is 2.05. The minimum atomic E-state index is -3.73. The molecule has 0 radical (unpaired) electrons. The molecule has 0 spiro atoms. The molecule has 2 aromatic rings. The zero-order valence-electron chi connectivity index (χ0n) is 13.2. The van der Waals surface area contributed by atoms with Gasteiger partial charge >= 0.3 is 0 Å². The summed E-state index contributed by atoms with van der Waals surface area (Å²) in [5, 5.41) is 3.23. The summed E-state index contributed by atoms with van der Waals surface area (Å²) < 4.78 is 27.9. The first kappa shape index (κ1) is 17.0. The number of nitrogens with one attached hydrogen (secondary N) is 2. The van der Waals surface area contributed by atoms with Crippen LogP contribution < -0.4 is 10.0 Å². The van der Waals surface area contributed by atoms with Crippen LogP contribution in [0.15, 0.2) is 47.4 Å². The van der Waals surface area contributed by atoms with Gasteiger partial charge in [0.1, 0.15) is 0 Å². The van der Waals surface area contributed by atoms with E-state index < -0.39 is 16.1 Å². The molecule has 0 fully saturated rings. The maximum Gasteiger partial charge on any atom is 0.241 e. The molecule has 3 rings (SSSR count). The number of sulfonamides is 1. The predicted molar refractivity (Wildman–Crippen MR) is 93.7 cm³/mol. The van der Waals surface area contributed by atoms with E-state index >= 15 is 0 Å². The summed E-state index contributed by atoms with van der Waals surface area (Å²) in [6.07, 6.45) is 0. The van der Waals surface area contributed by atoms with Crippen molar-refractivity contribution < 1.29 is 13.2 Å². The number of hydrogen-bond acceptors (Lipinski definition) is 3. The first-order valence-electron chi connectivity index (χ1n) is 7.51. The Morgan fingerprint density at radius 3 is 2.62 bits per heavy atom. The average molecular weight is 365 g/mol. The fraction of sp³-hybridized carbons (Fsp3) is 0.235. The Morgan fingerprint density at radius 1 is 1.21 bits per heavy atom. The topological polar surface area (TPSA) is 75.3 Å². The molecule has 0 bridgehead atoms. The van der Waals surface area contributed by atoms with Crippen LogP contribution >= 0.6 is 11.6 Å². The first-order valence-corrected chi connectivity index (χ1v) is 9.37. The Balaban J connectivity index is 1.89. The number of anilines is 1. The largest absolute Gasteiger partial charge is 0.325 e. The maximum absolute atomic E-state index is 12.7. The van der Waals surface area contributed by atoms with Crippen molar-refractivity contribution in [2.24, 2.45) is 0 Å². The average Bonchev–Trinajstić information content (AvgIpc) is 2.81. The minimum absolute atomic E-state index is 0.128. The molecule has 5 nitrogen and oxygen atoms in total. The summed E-state index contributed by atoms with van der Waals surface area (Å²) in [7, 11) is -3.73. The summed E-state index contributed by atoms with van der Waals surface area (Å²) in [6.45, 7) is 3.48. The zero-order chi connectivity index (χ0) is 17.5. The van der Waals surface area contributed by atoms with E-state index in [1.165, 1.54) is 6.07 Å². The lowest BCUT2D eigenvalue weighted by atomic mass is 10.0. The van der Waals surface area contributed by atoms with Crippen LogP contribution in [0.1, 0.15) is 36.9 Å². The standard InChI is InChI=1S/C17H17ClN2O3S/c1-10-14-9-12(7-8-16(14)19-17(10)21)24(22,23)20-11(2)13-5-3-4-6-15(13)18/h3-11,20H,1-2H3,(H,19,21)/t10-,11-/m1/s1. The Morgan fingerprint density at radius 2 is 1.92 bits per heavy atom. The van der Waals surface area contributed by atoms with Gasteiger partial charge in [-0.1, -0.05) is 29.8 Å². The quantitative estimate of drug-likeness (QED) is 0.872. The molecule has 1 aliphatic rings. The van der Waals surface area contributed by atoms with E-state index in [1.807, 2.05) is 0 Å². The molecule has 24 heavy (non-hydrogen) atoms. The molecule has 2 atom stereocenters. The molecule has 1 amide bonds. The fourth-order valence-electron chi connectivity index (χ4n) is 2.75. The van der Waals surface area contributed by atoms with E-state index in [1.54, 1.807) is 50.2 Å². The number of hydrogen-bond donors (Lipinski definition) is 2. The maximum atomic E-state index is 12.7. The van der Waals surface area contributed by atoms with Gasteiger partial charge in [0.05, 0.1) is 10.8 Å². The second-order valence-corrected chi connectivity index (χ2v) is 7.95. The summed E-state index contributed by atoms with van der Waals surface area (Å²) in [4.78, 5) is 11.8. The predicted octanol–water partition coefficient (Wildman–Crippen LogP) is 3.44. The van der Waals surface area contributed by atoms with E-state index in [4.69, 9.17) is 11.6 Å². The highest BCUT2D eigenvalue weighted by Crippen LogP contribution is 2.34. The Hall–Kier alpha value is -1.89. The van der Waals surface area contributed by atoms with Crippen molar-refractivity contribution in [2.75, 3.05) is 5.32 Å². The molecular formula is C17H17ClN2O3S. The van der Waals surface area contributed by atoms with Crippen molar-refractivity contribution >= 4 is 33.2 Å². The second kappa shape index (κ2) is 6.20. The number of amides is 1. The van der Waals surface area contributed by atoms with E-state index in [2.05, 4.69) is 10.0 Å². The lowest BCUT2D eigenvalue weighted by Gasteiger charge is -2.16. The summed E-state index contributed by atoms with van der Waals surface area (Å²) in [6, 6.07) is 11.3. The third-order valence-corrected chi connectivity index (χ3v) is 6.04. The SMILES string of the molecule is C[C@@H](NS(=O)(=O)c1ccc2c(c1)[C@@H](C)C(=O)N2)c1ccccc1Cl. The molecule has 7 heteroatoms. The molecule has 0 unspecified atom stereocenters. The lowest BCUT2D eigenvalue weighted by molar-refractivity contribution is -0.116. The van der Waals surface area contributed by atoms with Crippen LogP contribution in [-0.2, 0) is 14.8 Å². The third kappa shape index (κ3) is 3.05. The fourth-order valence-corrected chi connectivity index (χ4v) is 4.31. The summed E-state index contributed by atoms with van der Waals surface area (Å²) >= 11 is 6.13. The van der Waals surface area contributed by atoms with Crippen LogP contribution in [-0.4, -0.2) is 14.3 Å². The molecular weight excluding hydrogens is 348 g/mol. The molecule has 0 aliphatic carbocycles. The third-order valence-electron chi connectivity index (χ3n) is 4.15. The molecule has 1 heterocycles. The number of rotatable bonds is 4. The van der Waals surface area contributed by atoms with Crippen molar-refractivity contribution in [3.8, 4) is 0 Å². The van der Waals surface area contributed by atoms with Gasteiger partial charge in [-0.05, 0) is 49.2 Å². The van der Waals surface area contributed by atoms with Crippen LogP contribution in [0.3, 0.4) is 0 Å². The first-order chi connectivity index (χ1) is 11.3. The Labute approximate surface area is 146 Å². The van der Waals surface area contributed by atoms with Gasteiger partial charge in [-0.2, -0.15) is 0 Å². The van der Waals surface area contributed by atoms with Crippen LogP contribution in [0, 0.1) is 0 Å². The molecule has 126 valence electrons. The highest BCUT2D eigenvalue weighted by atomic mass is 35.5. The van der Waals surface area contributed by atoms with Crippen molar-refractivity contribution in [3.05, 3.63) is 58.6 Å². The molecule has 0 aromatic heterocycles. The second-order valence-electron chi connectivity index (χ2n) is 5.82. The van der Waals surface area contributed by atoms with Crippen LogP contribution in [0.25, 0.3) is 0 Å².